The van der Waals surface area contributed by atoms with E-state index in [4.69, 9.17) is 5.73 Å². The van der Waals surface area contributed by atoms with Crippen molar-refractivity contribution in [1.29, 1.82) is 0 Å². The largest absolute Gasteiger partial charge is 0.373 e. The van der Waals surface area contributed by atoms with Gasteiger partial charge in [0.15, 0.2) is 5.52 Å². The molecule has 1 heterocycles. The van der Waals surface area contributed by atoms with Crippen molar-refractivity contribution in [2.24, 2.45) is 11.7 Å². The molecule has 7 heteroatoms. The molecule has 0 aliphatic heterocycles. The number of hydrogen-bond acceptors (Lipinski definition) is 6. The second kappa shape index (κ2) is 4.68. The molecule has 0 radical (unpaired) electrons. The third kappa shape index (κ3) is 2.12. The number of aromatic nitrogens is 1. The van der Waals surface area contributed by atoms with Crippen molar-refractivity contribution in [3.8, 4) is 0 Å². The monoisotopic (exact) mass is 292 g/mol. The Morgan fingerprint density at radius 1 is 1.60 bits per heavy atom. The van der Waals surface area contributed by atoms with Gasteiger partial charge in [-0.25, -0.2) is 4.98 Å². The van der Waals surface area contributed by atoms with Gasteiger partial charge in [-0.2, -0.15) is 0 Å². The highest BCUT2D eigenvalue weighted by Crippen LogP contribution is 2.43. The molecule has 106 valence electrons. The summed E-state index contributed by atoms with van der Waals surface area (Å²) in [5, 5.41) is 14.7. The van der Waals surface area contributed by atoms with Gasteiger partial charge in [0, 0.05) is 12.1 Å². The third-order valence-corrected chi connectivity index (χ3v) is 4.78. The molecule has 1 saturated carbocycles. The lowest BCUT2D eigenvalue weighted by Gasteiger charge is -2.30. The molecule has 1 aromatic carbocycles. The molecule has 1 fully saturated rings. The Balaban J connectivity index is 2.06. The average Bonchev–Trinajstić information content (AvgIpc) is 3.17. The molecule has 0 spiro atoms. The maximum Gasteiger partial charge on any atom is 0.319 e. The highest BCUT2D eigenvalue weighted by Gasteiger charge is 2.41. The highest BCUT2D eigenvalue weighted by molar-refractivity contribution is 7.16. The predicted octanol–water partition coefficient (Wildman–Crippen LogP) is 2.74. The second-order valence-electron chi connectivity index (χ2n) is 5.44. The van der Waals surface area contributed by atoms with Crippen molar-refractivity contribution in [1.82, 2.24) is 4.98 Å². The van der Waals surface area contributed by atoms with E-state index in [1.807, 2.05) is 13.0 Å². The lowest BCUT2D eigenvalue weighted by atomic mass is 9.95. The molecule has 6 nitrogen and oxygen atoms in total. The van der Waals surface area contributed by atoms with Crippen molar-refractivity contribution < 1.29 is 4.92 Å². The van der Waals surface area contributed by atoms with E-state index in [0.717, 1.165) is 17.5 Å². The van der Waals surface area contributed by atoms with E-state index in [2.05, 4.69) is 10.3 Å². The minimum absolute atomic E-state index is 0.0454. The van der Waals surface area contributed by atoms with Crippen LogP contribution in [0.3, 0.4) is 0 Å². The SMILES string of the molecule is CC(CN)(Nc1ccc2scnc2c1[N+](=O)[O-])C1CC1. The van der Waals surface area contributed by atoms with Crippen LogP contribution in [0.5, 0.6) is 0 Å². The van der Waals surface area contributed by atoms with Crippen molar-refractivity contribution >= 4 is 32.9 Å². The van der Waals surface area contributed by atoms with Gasteiger partial charge in [-0.3, -0.25) is 10.1 Å². The topological polar surface area (TPSA) is 94.1 Å². The molecule has 3 rings (SSSR count). The van der Waals surface area contributed by atoms with Crippen molar-refractivity contribution in [2.45, 2.75) is 25.3 Å². The number of nitrogens with two attached hydrogens (primary N) is 1. The van der Waals surface area contributed by atoms with E-state index >= 15 is 0 Å². The number of hydrogen-bond donors (Lipinski definition) is 2. The van der Waals surface area contributed by atoms with Gasteiger partial charge in [0.05, 0.1) is 15.1 Å². The van der Waals surface area contributed by atoms with Crippen molar-refractivity contribution in [3.63, 3.8) is 0 Å². The number of nitrogens with zero attached hydrogens (tertiary/aromatic N) is 2. The van der Waals surface area contributed by atoms with Gasteiger partial charge in [0.1, 0.15) is 5.69 Å². The zero-order valence-electron chi connectivity index (χ0n) is 11.1. The van der Waals surface area contributed by atoms with E-state index in [9.17, 15) is 10.1 Å². The Bertz CT molecular complexity index is 667. The molecule has 0 saturated heterocycles. The fourth-order valence-electron chi connectivity index (χ4n) is 2.55. The Kier molecular flexibility index (Phi) is 3.10. The van der Waals surface area contributed by atoms with Crippen LogP contribution in [0.15, 0.2) is 17.6 Å². The zero-order chi connectivity index (χ0) is 14.3. The summed E-state index contributed by atoms with van der Waals surface area (Å²) >= 11 is 1.40. The standard InChI is InChI=1S/C13H16N4O2S/c1-13(6-14,8-2-3-8)16-9-4-5-10-11(15-7-20-10)12(9)17(18)19/h4-5,7-8,16H,2-3,6,14H2,1H3. The van der Waals surface area contributed by atoms with E-state index in [-0.39, 0.29) is 16.1 Å². The number of nitro benzene ring substituents is 1. The normalized spacial score (nSPS) is 17.9. The number of nitro groups is 1. The Labute approximate surface area is 120 Å². The first-order chi connectivity index (χ1) is 9.55. The maximum atomic E-state index is 11.4. The molecule has 1 aliphatic rings. The first-order valence-corrected chi connectivity index (χ1v) is 7.42. The summed E-state index contributed by atoms with van der Waals surface area (Å²) in [4.78, 5) is 15.1. The van der Waals surface area contributed by atoms with Gasteiger partial charge in [0.2, 0.25) is 0 Å². The minimum Gasteiger partial charge on any atom is -0.373 e. The molecule has 0 bridgehead atoms. The lowest BCUT2D eigenvalue weighted by molar-refractivity contribution is -0.382. The van der Waals surface area contributed by atoms with Crippen LogP contribution in [0.2, 0.25) is 0 Å². The predicted molar refractivity (Wildman–Crippen MR) is 80.1 cm³/mol. The van der Waals surface area contributed by atoms with Gasteiger partial charge >= 0.3 is 5.69 Å². The fraction of sp³-hybridized carbons (Fsp3) is 0.462. The molecular weight excluding hydrogens is 276 g/mol. The highest BCUT2D eigenvalue weighted by atomic mass is 32.1. The summed E-state index contributed by atoms with van der Waals surface area (Å²) in [5.41, 5.74) is 8.20. The van der Waals surface area contributed by atoms with Gasteiger partial charge in [0.25, 0.3) is 0 Å². The summed E-state index contributed by atoms with van der Waals surface area (Å²) in [6, 6.07) is 3.63. The third-order valence-electron chi connectivity index (χ3n) is 3.98. The fourth-order valence-corrected chi connectivity index (χ4v) is 3.23. The van der Waals surface area contributed by atoms with E-state index in [1.165, 1.54) is 11.3 Å². The van der Waals surface area contributed by atoms with Crippen LogP contribution in [0.1, 0.15) is 19.8 Å². The smallest absolute Gasteiger partial charge is 0.319 e. The maximum absolute atomic E-state index is 11.4. The molecule has 1 aromatic heterocycles. The number of benzene rings is 1. The van der Waals surface area contributed by atoms with Gasteiger partial charge < -0.3 is 11.1 Å². The molecular formula is C13H16N4O2S. The first kappa shape index (κ1) is 13.3. The molecule has 1 atom stereocenters. The average molecular weight is 292 g/mol. The zero-order valence-corrected chi connectivity index (χ0v) is 11.9. The van der Waals surface area contributed by atoms with E-state index in [0.29, 0.717) is 23.7 Å². The van der Waals surface area contributed by atoms with Crippen LogP contribution >= 0.6 is 11.3 Å². The van der Waals surface area contributed by atoms with Crippen LogP contribution < -0.4 is 11.1 Å². The molecule has 0 amide bonds. The molecule has 1 unspecified atom stereocenters. The summed E-state index contributed by atoms with van der Waals surface area (Å²) in [7, 11) is 0. The lowest BCUT2D eigenvalue weighted by Crippen LogP contribution is -2.44. The Hall–Kier alpha value is -1.73. The van der Waals surface area contributed by atoms with Crippen molar-refractivity contribution in [3.05, 3.63) is 27.8 Å². The van der Waals surface area contributed by atoms with Crippen LogP contribution in [0.25, 0.3) is 10.2 Å². The quantitative estimate of drug-likeness (QED) is 0.652. The molecule has 2 aromatic rings. The van der Waals surface area contributed by atoms with E-state index < -0.39 is 0 Å². The van der Waals surface area contributed by atoms with Crippen LogP contribution in [0, 0.1) is 16.0 Å². The number of thiazole rings is 1. The number of nitrogens with one attached hydrogen (secondary N) is 1. The number of rotatable bonds is 5. The van der Waals surface area contributed by atoms with E-state index in [1.54, 1.807) is 11.6 Å². The van der Waals surface area contributed by atoms with Gasteiger partial charge in [-0.1, -0.05) is 0 Å². The van der Waals surface area contributed by atoms with Crippen molar-refractivity contribution in [2.75, 3.05) is 11.9 Å². The molecule has 3 N–H and O–H groups in total. The Morgan fingerprint density at radius 2 is 2.35 bits per heavy atom. The van der Waals surface area contributed by atoms with Crippen LogP contribution in [-0.4, -0.2) is 22.0 Å². The minimum atomic E-state index is -0.367. The summed E-state index contributed by atoms with van der Waals surface area (Å²) in [6.07, 6.45) is 2.24. The Morgan fingerprint density at radius 3 is 2.95 bits per heavy atom. The van der Waals surface area contributed by atoms with Crippen LogP contribution in [0.4, 0.5) is 11.4 Å². The summed E-state index contributed by atoms with van der Waals surface area (Å²) in [5.74, 6) is 0.484. The van der Waals surface area contributed by atoms with Crippen LogP contribution in [-0.2, 0) is 0 Å². The molecule has 20 heavy (non-hydrogen) atoms. The second-order valence-corrected chi connectivity index (χ2v) is 6.33. The number of anilines is 1. The summed E-state index contributed by atoms with van der Waals surface area (Å²) < 4.78 is 0.822. The number of fused-ring (bicyclic) bond motifs is 1. The first-order valence-electron chi connectivity index (χ1n) is 6.54. The summed E-state index contributed by atoms with van der Waals surface area (Å²) in [6.45, 7) is 2.48. The van der Waals surface area contributed by atoms with Gasteiger partial charge in [-0.15, -0.1) is 11.3 Å². The molecule has 1 aliphatic carbocycles. The van der Waals surface area contributed by atoms with Gasteiger partial charge in [-0.05, 0) is 37.8 Å².